The van der Waals surface area contributed by atoms with Gasteiger partial charge in [-0.25, -0.2) is 0 Å². The average Bonchev–Trinajstić information content (AvgIpc) is 2.89. The normalized spacial score (nSPS) is 19.1. The Morgan fingerprint density at radius 1 is 1.20 bits per heavy atom. The van der Waals surface area contributed by atoms with E-state index in [0.29, 0.717) is 12.2 Å². The molecule has 1 aliphatic rings. The SMILES string of the molecule is COc1cc(CC2CCCN2)c(C(F)(F)F)cc1OC. The lowest BCUT2D eigenvalue weighted by Crippen LogP contribution is -2.25. The fourth-order valence-electron chi connectivity index (χ4n) is 2.55. The molecule has 0 aromatic heterocycles. The molecule has 6 heteroatoms. The van der Waals surface area contributed by atoms with Gasteiger partial charge in [-0.05, 0) is 43.5 Å². The van der Waals surface area contributed by atoms with E-state index in [1.807, 2.05) is 0 Å². The maximum atomic E-state index is 13.2. The van der Waals surface area contributed by atoms with Gasteiger partial charge in [0.1, 0.15) is 0 Å². The van der Waals surface area contributed by atoms with Crippen LogP contribution in [0, 0.1) is 0 Å². The molecule has 0 saturated carbocycles. The molecule has 1 heterocycles. The van der Waals surface area contributed by atoms with Crippen molar-refractivity contribution < 1.29 is 22.6 Å². The lowest BCUT2D eigenvalue weighted by atomic mass is 9.98. The molecule has 1 unspecified atom stereocenters. The first-order valence-electron chi connectivity index (χ1n) is 6.51. The third-order valence-corrected chi connectivity index (χ3v) is 3.54. The Hall–Kier alpha value is -1.43. The van der Waals surface area contributed by atoms with Crippen molar-refractivity contribution in [1.29, 1.82) is 0 Å². The summed E-state index contributed by atoms with van der Waals surface area (Å²) in [6.07, 6.45) is -2.16. The minimum absolute atomic E-state index is 0.0919. The second kappa shape index (κ2) is 5.91. The van der Waals surface area contributed by atoms with Crippen LogP contribution in [0.5, 0.6) is 11.5 Å². The van der Waals surface area contributed by atoms with Crippen LogP contribution in [0.15, 0.2) is 12.1 Å². The average molecular weight is 289 g/mol. The minimum Gasteiger partial charge on any atom is -0.493 e. The third-order valence-electron chi connectivity index (χ3n) is 3.54. The first-order valence-corrected chi connectivity index (χ1v) is 6.51. The second-order valence-corrected chi connectivity index (χ2v) is 4.86. The lowest BCUT2D eigenvalue weighted by molar-refractivity contribution is -0.138. The quantitative estimate of drug-likeness (QED) is 0.924. The summed E-state index contributed by atoms with van der Waals surface area (Å²) in [5, 5.41) is 3.21. The zero-order chi connectivity index (χ0) is 14.8. The van der Waals surface area contributed by atoms with Gasteiger partial charge in [-0.2, -0.15) is 13.2 Å². The summed E-state index contributed by atoms with van der Waals surface area (Å²) in [5.41, 5.74) is -0.404. The Bertz CT molecular complexity index is 468. The molecule has 1 aliphatic heterocycles. The summed E-state index contributed by atoms with van der Waals surface area (Å²) in [5.74, 6) is 0.427. The molecular formula is C14H18F3NO2. The van der Waals surface area contributed by atoms with Crippen molar-refractivity contribution in [1.82, 2.24) is 5.32 Å². The van der Waals surface area contributed by atoms with Crippen molar-refractivity contribution in [2.24, 2.45) is 0 Å². The van der Waals surface area contributed by atoms with Crippen LogP contribution in [0.2, 0.25) is 0 Å². The molecule has 3 nitrogen and oxygen atoms in total. The Balaban J connectivity index is 2.40. The van der Waals surface area contributed by atoms with Gasteiger partial charge in [0.2, 0.25) is 0 Å². The summed E-state index contributed by atoms with van der Waals surface area (Å²) in [4.78, 5) is 0. The predicted octanol–water partition coefficient (Wildman–Crippen LogP) is 3.02. The highest BCUT2D eigenvalue weighted by atomic mass is 19.4. The van der Waals surface area contributed by atoms with Crippen LogP contribution in [0.3, 0.4) is 0 Å². The fraction of sp³-hybridized carbons (Fsp3) is 0.571. The topological polar surface area (TPSA) is 30.5 Å². The standard InChI is InChI=1S/C14H18F3NO2/c1-19-12-7-9(6-10-4-3-5-18-10)11(14(15,16)17)8-13(12)20-2/h7-8,10,18H,3-6H2,1-2H3. The lowest BCUT2D eigenvalue weighted by Gasteiger charge is -2.19. The zero-order valence-corrected chi connectivity index (χ0v) is 11.5. The van der Waals surface area contributed by atoms with Gasteiger partial charge in [-0.1, -0.05) is 0 Å². The molecule has 0 bridgehead atoms. The maximum absolute atomic E-state index is 13.2. The van der Waals surface area contributed by atoms with E-state index in [1.54, 1.807) is 0 Å². The Kier molecular flexibility index (Phi) is 4.42. The number of alkyl halides is 3. The van der Waals surface area contributed by atoms with Crippen molar-refractivity contribution in [3.05, 3.63) is 23.3 Å². The number of benzene rings is 1. The van der Waals surface area contributed by atoms with E-state index >= 15 is 0 Å². The Morgan fingerprint density at radius 3 is 2.35 bits per heavy atom. The van der Waals surface area contributed by atoms with Crippen molar-refractivity contribution in [2.75, 3.05) is 20.8 Å². The monoisotopic (exact) mass is 289 g/mol. The molecule has 0 amide bonds. The molecule has 1 aromatic carbocycles. The first kappa shape index (κ1) is 15.0. The summed E-state index contributed by atoms with van der Waals surface area (Å²) < 4.78 is 49.5. The number of methoxy groups -OCH3 is 2. The fourth-order valence-corrected chi connectivity index (χ4v) is 2.55. The highest BCUT2D eigenvalue weighted by Crippen LogP contribution is 2.39. The third kappa shape index (κ3) is 3.17. The van der Waals surface area contributed by atoms with E-state index in [-0.39, 0.29) is 17.4 Å². The van der Waals surface area contributed by atoms with E-state index in [9.17, 15) is 13.2 Å². The molecule has 1 fully saturated rings. The Morgan fingerprint density at radius 2 is 1.85 bits per heavy atom. The highest BCUT2D eigenvalue weighted by molar-refractivity contribution is 5.48. The second-order valence-electron chi connectivity index (χ2n) is 4.86. The summed E-state index contributed by atoms with van der Waals surface area (Å²) in [7, 11) is 2.75. The largest absolute Gasteiger partial charge is 0.493 e. The van der Waals surface area contributed by atoms with Gasteiger partial charge in [0.25, 0.3) is 0 Å². The van der Waals surface area contributed by atoms with Crippen LogP contribution >= 0.6 is 0 Å². The number of nitrogens with one attached hydrogen (secondary N) is 1. The van der Waals surface area contributed by atoms with Gasteiger partial charge in [0, 0.05) is 6.04 Å². The molecule has 2 rings (SSSR count). The van der Waals surface area contributed by atoms with Gasteiger partial charge in [-0.3, -0.25) is 0 Å². The molecule has 1 atom stereocenters. The number of hydrogen-bond acceptors (Lipinski definition) is 3. The van der Waals surface area contributed by atoms with E-state index < -0.39 is 11.7 Å². The molecule has 112 valence electrons. The van der Waals surface area contributed by atoms with Crippen LogP contribution in [-0.2, 0) is 12.6 Å². The van der Waals surface area contributed by atoms with Gasteiger partial charge < -0.3 is 14.8 Å². The van der Waals surface area contributed by atoms with Crippen LogP contribution in [0.1, 0.15) is 24.0 Å². The van der Waals surface area contributed by atoms with Crippen molar-refractivity contribution in [3.8, 4) is 11.5 Å². The molecule has 0 radical (unpaired) electrons. The van der Waals surface area contributed by atoms with Crippen LogP contribution in [0.4, 0.5) is 13.2 Å². The summed E-state index contributed by atoms with van der Waals surface area (Å²) >= 11 is 0. The molecule has 20 heavy (non-hydrogen) atoms. The van der Waals surface area contributed by atoms with E-state index in [1.165, 1.54) is 20.3 Å². The molecular weight excluding hydrogens is 271 g/mol. The van der Waals surface area contributed by atoms with Crippen molar-refractivity contribution in [2.45, 2.75) is 31.5 Å². The van der Waals surface area contributed by atoms with Gasteiger partial charge >= 0.3 is 6.18 Å². The number of halogens is 3. The Labute approximate surface area is 116 Å². The number of rotatable bonds is 4. The van der Waals surface area contributed by atoms with E-state index in [0.717, 1.165) is 25.5 Å². The molecule has 1 N–H and O–H groups in total. The first-order chi connectivity index (χ1) is 9.45. The molecule has 0 aliphatic carbocycles. The van der Waals surface area contributed by atoms with Crippen LogP contribution in [0.25, 0.3) is 0 Å². The summed E-state index contributed by atoms with van der Waals surface area (Å²) in [6, 6.07) is 2.54. The number of ether oxygens (including phenoxy) is 2. The highest BCUT2D eigenvalue weighted by Gasteiger charge is 2.35. The van der Waals surface area contributed by atoms with E-state index in [2.05, 4.69) is 5.32 Å². The molecule has 0 spiro atoms. The molecule has 1 aromatic rings. The van der Waals surface area contributed by atoms with Crippen LogP contribution in [-0.4, -0.2) is 26.8 Å². The van der Waals surface area contributed by atoms with Crippen molar-refractivity contribution in [3.63, 3.8) is 0 Å². The van der Waals surface area contributed by atoms with Crippen molar-refractivity contribution >= 4 is 0 Å². The van der Waals surface area contributed by atoms with Gasteiger partial charge in [0.15, 0.2) is 11.5 Å². The summed E-state index contributed by atoms with van der Waals surface area (Å²) in [6.45, 7) is 0.860. The molecule has 1 saturated heterocycles. The van der Waals surface area contributed by atoms with Gasteiger partial charge in [-0.15, -0.1) is 0 Å². The van der Waals surface area contributed by atoms with Gasteiger partial charge in [0.05, 0.1) is 19.8 Å². The predicted molar refractivity (Wildman–Crippen MR) is 69.3 cm³/mol. The van der Waals surface area contributed by atoms with E-state index in [4.69, 9.17) is 9.47 Å². The minimum atomic E-state index is -4.40. The zero-order valence-electron chi connectivity index (χ0n) is 11.5. The van der Waals surface area contributed by atoms with Crippen LogP contribution < -0.4 is 14.8 Å². The smallest absolute Gasteiger partial charge is 0.416 e. The maximum Gasteiger partial charge on any atom is 0.416 e. The number of hydrogen-bond donors (Lipinski definition) is 1.